The maximum absolute atomic E-state index is 14.0. The molecule has 0 aliphatic heterocycles. The molecule has 122 valence electrons. The maximum atomic E-state index is 14.0. The first-order chi connectivity index (χ1) is 11.6. The standard InChI is InChI=1S/C17H13F2N3O2/c18-14-3-1-2-10(15(14)19)12(5-20)16(24)13-7-22-17-11(13)4-9(8-23)6-21-17/h1-7,20,23-24H,8H2,(H,21,22)/b16-12+,20-5?. The van der Waals surface area contributed by atoms with Crippen LogP contribution in [0.15, 0.2) is 36.7 Å². The molecule has 7 heteroatoms. The van der Waals surface area contributed by atoms with E-state index in [1.165, 1.54) is 24.5 Å². The minimum absolute atomic E-state index is 0.165. The van der Waals surface area contributed by atoms with Gasteiger partial charge in [0.2, 0.25) is 0 Å². The van der Waals surface area contributed by atoms with Crippen molar-refractivity contribution in [2.24, 2.45) is 0 Å². The van der Waals surface area contributed by atoms with Crippen LogP contribution in [-0.4, -0.2) is 26.4 Å². The lowest BCUT2D eigenvalue weighted by atomic mass is 10.0. The van der Waals surface area contributed by atoms with Crippen molar-refractivity contribution in [3.05, 3.63) is 65.0 Å². The molecule has 0 saturated carbocycles. The minimum Gasteiger partial charge on any atom is -0.507 e. The number of nitrogens with zero attached hydrogens (tertiary/aromatic N) is 1. The van der Waals surface area contributed by atoms with Crippen LogP contribution in [0.1, 0.15) is 16.7 Å². The topological polar surface area (TPSA) is 93.0 Å². The molecule has 0 radical (unpaired) electrons. The number of allylic oxidation sites excluding steroid dienone is 1. The molecular formula is C17H13F2N3O2. The van der Waals surface area contributed by atoms with Gasteiger partial charge in [0.05, 0.1) is 6.61 Å². The Morgan fingerprint density at radius 2 is 2.08 bits per heavy atom. The number of H-pyrrole nitrogens is 1. The summed E-state index contributed by atoms with van der Waals surface area (Å²) in [6.07, 6.45) is 3.69. The largest absolute Gasteiger partial charge is 0.507 e. The number of halogens is 2. The van der Waals surface area contributed by atoms with Crippen LogP contribution in [0, 0.1) is 17.0 Å². The molecule has 0 saturated heterocycles. The Labute approximate surface area is 135 Å². The number of aromatic nitrogens is 2. The van der Waals surface area contributed by atoms with Gasteiger partial charge in [-0.25, -0.2) is 13.8 Å². The first-order valence-corrected chi connectivity index (χ1v) is 7.02. The van der Waals surface area contributed by atoms with Crippen molar-refractivity contribution >= 4 is 28.6 Å². The summed E-state index contributed by atoms with van der Waals surface area (Å²) in [4.78, 5) is 6.95. The Morgan fingerprint density at radius 3 is 2.79 bits per heavy atom. The third-order valence-corrected chi connectivity index (χ3v) is 3.67. The third-order valence-electron chi connectivity index (χ3n) is 3.67. The van der Waals surface area contributed by atoms with Crippen LogP contribution in [0.5, 0.6) is 0 Å². The van der Waals surface area contributed by atoms with Crippen molar-refractivity contribution in [2.45, 2.75) is 6.61 Å². The first-order valence-electron chi connectivity index (χ1n) is 7.02. The van der Waals surface area contributed by atoms with E-state index < -0.39 is 17.4 Å². The number of rotatable bonds is 4. The maximum Gasteiger partial charge on any atom is 0.166 e. The first kappa shape index (κ1) is 15.8. The lowest BCUT2D eigenvalue weighted by Gasteiger charge is -2.08. The Kier molecular flexibility index (Phi) is 4.09. The van der Waals surface area contributed by atoms with Gasteiger partial charge in [0.1, 0.15) is 11.4 Å². The number of hydrogen-bond donors (Lipinski definition) is 4. The monoisotopic (exact) mass is 329 g/mol. The second kappa shape index (κ2) is 6.21. The van der Waals surface area contributed by atoms with E-state index in [0.717, 1.165) is 12.3 Å². The van der Waals surface area contributed by atoms with Gasteiger partial charge in [-0.3, -0.25) is 0 Å². The summed E-state index contributed by atoms with van der Waals surface area (Å²) in [5, 5.41) is 27.7. The van der Waals surface area contributed by atoms with Crippen LogP contribution in [0.3, 0.4) is 0 Å². The van der Waals surface area contributed by atoms with E-state index in [2.05, 4.69) is 9.97 Å². The molecular weight excluding hydrogens is 316 g/mol. The molecule has 3 rings (SSSR count). The number of aliphatic hydroxyl groups excluding tert-OH is 2. The van der Waals surface area contributed by atoms with Crippen molar-refractivity contribution in [3.8, 4) is 0 Å². The van der Waals surface area contributed by atoms with Gasteiger partial charge >= 0.3 is 0 Å². The van der Waals surface area contributed by atoms with E-state index in [-0.39, 0.29) is 23.3 Å². The second-order valence-electron chi connectivity index (χ2n) is 5.11. The highest BCUT2D eigenvalue weighted by Crippen LogP contribution is 2.30. The van der Waals surface area contributed by atoms with E-state index in [9.17, 15) is 19.0 Å². The van der Waals surface area contributed by atoms with Gasteiger partial charge in [0.25, 0.3) is 0 Å². The Morgan fingerprint density at radius 1 is 1.29 bits per heavy atom. The smallest absolute Gasteiger partial charge is 0.166 e. The Hall–Kier alpha value is -3.06. The highest BCUT2D eigenvalue weighted by molar-refractivity contribution is 6.18. The summed E-state index contributed by atoms with van der Waals surface area (Å²) in [6, 6.07) is 5.15. The van der Waals surface area contributed by atoms with E-state index in [1.54, 1.807) is 6.07 Å². The average molecular weight is 329 g/mol. The molecule has 2 aromatic heterocycles. The molecule has 24 heavy (non-hydrogen) atoms. The van der Waals surface area contributed by atoms with E-state index in [4.69, 9.17) is 5.41 Å². The fraction of sp³-hybridized carbons (Fsp3) is 0.0588. The zero-order valence-corrected chi connectivity index (χ0v) is 12.3. The number of aliphatic hydroxyl groups is 2. The minimum atomic E-state index is -1.14. The van der Waals surface area contributed by atoms with Crippen LogP contribution < -0.4 is 0 Å². The number of pyridine rings is 1. The molecule has 0 amide bonds. The fourth-order valence-corrected chi connectivity index (χ4v) is 2.46. The van der Waals surface area contributed by atoms with Crippen LogP contribution in [0.25, 0.3) is 22.4 Å². The molecule has 3 aromatic rings. The molecule has 0 atom stereocenters. The fourth-order valence-electron chi connectivity index (χ4n) is 2.46. The molecule has 0 aliphatic carbocycles. The van der Waals surface area contributed by atoms with E-state index in [1.807, 2.05) is 0 Å². The van der Waals surface area contributed by atoms with Crippen molar-refractivity contribution in [1.82, 2.24) is 9.97 Å². The zero-order valence-electron chi connectivity index (χ0n) is 12.3. The van der Waals surface area contributed by atoms with Gasteiger partial charge in [-0.05, 0) is 17.7 Å². The third kappa shape index (κ3) is 2.55. The summed E-state index contributed by atoms with van der Waals surface area (Å²) in [7, 11) is 0. The van der Waals surface area contributed by atoms with Crippen LogP contribution in [0.4, 0.5) is 8.78 Å². The number of benzene rings is 1. The molecule has 4 N–H and O–H groups in total. The van der Waals surface area contributed by atoms with Crippen molar-refractivity contribution in [1.29, 1.82) is 5.41 Å². The molecule has 2 heterocycles. The van der Waals surface area contributed by atoms with Crippen molar-refractivity contribution in [2.75, 3.05) is 0 Å². The van der Waals surface area contributed by atoms with Gasteiger partial charge < -0.3 is 20.6 Å². The lowest BCUT2D eigenvalue weighted by molar-refractivity contribution is 0.281. The highest BCUT2D eigenvalue weighted by atomic mass is 19.2. The molecule has 0 bridgehead atoms. The van der Waals surface area contributed by atoms with Crippen molar-refractivity contribution < 1.29 is 19.0 Å². The molecule has 0 unspecified atom stereocenters. The van der Waals surface area contributed by atoms with Gasteiger partial charge in [-0.1, -0.05) is 12.1 Å². The number of fused-ring (bicyclic) bond motifs is 1. The predicted octanol–water partition coefficient (Wildman–Crippen LogP) is 3.41. The summed E-state index contributed by atoms with van der Waals surface area (Å²) < 4.78 is 27.4. The number of hydrogen-bond acceptors (Lipinski definition) is 4. The molecule has 0 spiro atoms. The normalized spacial score (nSPS) is 12.3. The van der Waals surface area contributed by atoms with Gasteiger partial charge in [0, 0.05) is 40.7 Å². The van der Waals surface area contributed by atoms with Gasteiger partial charge in [-0.2, -0.15) is 0 Å². The summed E-state index contributed by atoms with van der Waals surface area (Å²) in [6.45, 7) is -0.228. The van der Waals surface area contributed by atoms with Crippen LogP contribution >= 0.6 is 0 Å². The number of aromatic amines is 1. The van der Waals surface area contributed by atoms with Gasteiger partial charge in [-0.15, -0.1) is 0 Å². The lowest BCUT2D eigenvalue weighted by Crippen LogP contribution is -1.98. The zero-order chi connectivity index (χ0) is 17.3. The molecule has 0 aliphatic rings. The Balaban J connectivity index is 2.24. The van der Waals surface area contributed by atoms with E-state index >= 15 is 0 Å². The van der Waals surface area contributed by atoms with Crippen LogP contribution in [-0.2, 0) is 6.61 Å². The SMILES string of the molecule is N=C/C(=C(\O)c1c[nH]c2ncc(CO)cc12)c1cccc(F)c1F. The summed E-state index contributed by atoms with van der Waals surface area (Å²) in [5.74, 6) is -2.60. The average Bonchev–Trinajstić information content (AvgIpc) is 3.02. The van der Waals surface area contributed by atoms with E-state index in [0.29, 0.717) is 16.6 Å². The molecule has 1 aromatic carbocycles. The predicted molar refractivity (Wildman–Crippen MR) is 86.6 cm³/mol. The number of nitrogens with one attached hydrogen (secondary N) is 2. The Bertz CT molecular complexity index is 964. The second-order valence-corrected chi connectivity index (χ2v) is 5.11. The highest BCUT2D eigenvalue weighted by Gasteiger charge is 2.18. The van der Waals surface area contributed by atoms with Crippen molar-refractivity contribution in [3.63, 3.8) is 0 Å². The quantitative estimate of drug-likeness (QED) is 0.436. The van der Waals surface area contributed by atoms with Crippen LogP contribution in [0.2, 0.25) is 0 Å². The molecule has 5 nitrogen and oxygen atoms in total. The summed E-state index contributed by atoms with van der Waals surface area (Å²) in [5.41, 5.74) is 0.877. The summed E-state index contributed by atoms with van der Waals surface area (Å²) >= 11 is 0. The van der Waals surface area contributed by atoms with Gasteiger partial charge in [0.15, 0.2) is 11.6 Å². The molecule has 0 fully saturated rings.